The topological polar surface area (TPSA) is 104 Å². The lowest BCUT2D eigenvalue weighted by molar-refractivity contribution is -0.141. The molecule has 7 nitrogen and oxygen atoms in total. The highest BCUT2D eigenvalue weighted by atomic mass is 31.2. The Morgan fingerprint density at radius 3 is 1.57 bits per heavy atom. The molecule has 8 heteroatoms. The van der Waals surface area contributed by atoms with Crippen molar-refractivity contribution in [2.24, 2.45) is 0 Å². The van der Waals surface area contributed by atoms with Crippen molar-refractivity contribution in [3.63, 3.8) is 0 Å². The van der Waals surface area contributed by atoms with E-state index in [1.807, 2.05) is 13.8 Å². The highest BCUT2D eigenvalue weighted by Crippen LogP contribution is 2.53. The van der Waals surface area contributed by atoms with Gasteiger partial charge in [0.1, 0.15) is 25.3 Å². The second-order valence-corrected chi connectivity index (χ2v) is 11.3. The van der Waals surface area contributed by atoms with E-state index in [9.17, 15) is 18.9 Å². The number of esters is 1. The molecule has 2 aromatic carbocycles. The van der Waals surface area contributed by atoms with Crippen LogP contribution in [0.4, 0.5) is 0 Å². The lowest BCUT2D eigenvalue weighted by atomic mass is 10.0. The van der Waals surface area contributed by atoms with Crippen molar-refractivity contribution in [1.29, 1.82) is 0 Å². The Labute approximate surface area is 218 Å². The molecule has 0 saturated heterocycles. The maximum atomic E-state index is 14.3. The first-order chi connectivity index (χ1) is 17.3. The molecule has 0 fully saturated rings. The van der Waals surface area contributed by atoms with Gasteiger partial charge in [0.15, 0.2) is 0 Å². The van der Waals surface area contributed by atoms with Gasteiger partial charge in [0.05, 0.1) is 6.61 Å². The normalized spacial score (nSPS) is 10.4. The lowest BCUT2D eigenvalue weighted by Crippen LogP contribution is -2.23. The zero-order valence-electron chi connectivity index (χ0n) is 22.2. The first-order valence-corrected chi connectivity index (χ1v) is 13.4. The van der Waals surface area contributed by atoms with Crippen molar-refractivity contribution in [3.05, 3.63) is 75.4 Å². The van der Waals surface area contributed by atoms with Gasteiger partial charge in [0.25, 0.3) is 0 Å². The van der Waals surface area contributed by atoms with Gasteiger partial charge >= 0.3 is 5.97 Å². The summed E-state index contributed by atoms with van der Waals surface area (Å²) in [6.07, 6.45) is 4.28. The number of rotatable bonds is 10. The van der Waals surface area contributed by atoms with Crippen LogP contribution >= 0.6 is 7.14 Å². The van der Waals surface area contributed by atoms with Crippen LogP contribution in [0.5, 0.6) is 0 Å². The number of aryl methyl sites for hydroxylation is 6. The summed E-state index contributed by atoms with van der Waals surface area (Å²) in [5.74, 6) is 2.64. The second kappa shape index (κ2) is 14.3. The first kappa shape index (κ1) is 31.5. The third kappa shape index (κ3) is 8.23. The summed E-state index contributed by atoms with van der Waals surface area (Å²) in [6.45, 7) is 13.3. The largest absolute Gasteiger partial charge is 0.463 e. The zero-order chi connectivity index (χ0) is 28.3. The molecule has 0 atom stereocenters. The van der Waals surface area contributed by atoms with E-state index in [-0.39, 0.29) is 30.9 Å². The van der Waals surface area contributed by atoms with Crippen LogP contribution in [-0.2, 0) is 23.6 Å². The van der Waals surface area contributed by atoms with Crippen LogP contribution < -0.4 is 0 Å². The van der Waals surface area contributed by atoms with Crippen molar-refractivity contribution in [3.8, 4) is 12.3 Å². The molecule has 0 radical (unpaired) electrons. The number of hydrogen-bond donors (Lipinski definition) is 0. The Bertz CT molecular complexity index is 1190. The minimum absolute atomic E-state index is 0.0501. The van der Waals surface area contributed by atoms with E-state index in [0.29, 0.717) is 22.3 Å². The minimum Gasteiger partial charge on any atom is -0.463 e. The molecule has 0 aliphatic heterocycles. The Kier molecular flexibility index (Phi) is 12.1. The number of benzene rings is 2. The molecule has 0 unspecified atom stereocenters. The fourth-order valence-electron chi connectivity index (χ4n) is 4.20. The van der Waals surface area contributed by atoms with Crippen molar-refractivity contribution in [2.45, 2.75) is 41.5 Å². The van der Waals surface area contributed by atoms with Crippen LogP contribution in [0, 0.1) is 53.9 Å². The van der Waals surface area contributed by atoms with Gasteiger partial charge in [-0.15, -0.1) is 6.42 Å². The fourth-order valence-corrected chi connectivity index (χ4v) is 6.56. The van der Waals surface area contributed by atoms with E-state index in [2.05, 4.69) is 12.5 Å². The maximum absolute atomic E-state index is 14.3. The van der Waals surface area contributed by atoms with E-state index >= 15 is 0 Å². The average Bonchev–Trinajstić information content (AvgIpc) is 2.77. The predicted octanol–water partition coefficient (Wildman–Crippen LogP) is 5.08. The van der Waals surface area contributed by atoms with Gasteiger partial charge in [0.2, 0.25) is 18.2 Å². The first-order valence-electron chi connectivity index (χ1n) is 11.5. The van der Waals surface area contributed by atoms with Gasteiger partial charge in [0, 0.05) is 11.1 Å². The summed E-state index contributed by atoms with van der Waals surface area (Å²) in [5, 5.41) is 0. The molecule has 196 valence electrons. The molecule has 2 aromatic rings. The highest BCUT2D eigenvalue weighted by Gasteiger charge is 2.45. The Balaban J connectivity index is 0.00000217. The molecule has 0 N–H and O–H groups in total. The standard InChI is InChI=1S/C27H31O6P.C2H2O/c1-8-9-32-10-11-33-23(28)16-34(31,26(29)24-19(4)12-17(2)13-20(24)5)27(30)25-21(6)14-18(3)15-22(25)7;1-2-3/h1,12-15H,9-11,16H2,2-7H3;1H2. The van der Waals surface area contributed by atoms with Crippen LogP contribution in [0.15, 0.2) is 30.8 Å². The van der Waals surface area contributed by atoms with Gasteiger partial charge in [-0.25, -0.2) is 4.79 Å². The third-order valence-corrected chi connectivity index (χ3v) is 7.93. The summed E-state index contributed by atoms with van der Waals surface area (Å²) < 4.78 is 24.5. The molecule has 0 aromatic heterocycles. The number of carbonyl (C=O) groups excluding carboxylic acids is 4. The summed E-state index contributed by atoms with van der Waals surface area (Å²) in [4.78, 5) is 48.7. The zero-order valence-corrected chi connectivity index (χ0v) is 23.1. The van der Waals surface area contributed by atoms with Crippen LogP contribution in [0.2, 0.25) is 0 Å². The third-order valence-electron chi connectivity index (χ3n) is 5.47. The number of terminal acetylenes is 1. The Morgan fingerprint density at radius 2 is 1.22 bits per heavy atom. The molecule has 0 spiro atoms. The quantitative estimate of drug-likeness (QED) is 0.140. The van der Waals surface area contributed by atoms with E-state index < -0.39 is 30.3 Å². The number of carbonyl (C=O) groups is 3. The summed E-state index contributed by atoms with van der Waals surface area (Å²) in [5.41, 5.74) is 3.03. The summed E-state index contributed by atoms with van der Waals surface area (Å²) in [6, 6.07) is 7.16. The van der Waals surface area contributed by atoms with E-state index in [1.165, 1.54) is 5.94 Å². The van der Waals surface area contributed by atoms with Gasteiger partial charge < -0.3 is 14.0 Å². The molecule has 0 bridgehead atoms. The number of ether oxygens (including phenoxy) is 2. The van der Waals surface area contributed by atoms with Crippen LogP contribution in [-0.4, -0.2) is 48.9 Å². The number of hydrogen-bond acceptors (Lipinski definition) is 7. The Morgan fingerprint density at radius 1 is 0.838 bits per heavy atom. The van der Waals surface area contributed by atoms with Crippen molar-refractivity contribution < 1.29 is 33.2 Å². The molecule has 37 heavy (non-hydrogen) atoms. The maximum Gasteiger partial charge on any atom is 0.314 e. The van der Waals surface area contributed by atoms with Crippen molar-refractivity contribution >= 4 is 30.1 Å². The van der Waals surface area contributed by atoms with E-state index in [0.717, 1.165) is 11.1 Å². The predicted molar refractivity (Wildman–Crippen MR) is 144 cm³/mol. The molecule has 0 aliphatic rings. The Hall–Kier alpha value is -3.55. The smallest absolute Gasteiger partial charge is 0.314 e. The van der Waals surface area contributed by atoms with Gasteiger partial charge in [-0.2, -0.15) is 0 Å². The van der Waals surface area contributed by atoms with Gasteiger partial charge in [-0.05, 0) is 70.4 Å². The second-order valence-electron chi connectivity index (χ2n) is 8.68. The lowest BCUT2D eigenvalue weighted by Gasteiger charge is -2.20. The molecule has 0 saturated carbocycles. The van der Waals surface area contributed by atoms with Crippen molar-refractivity contribution in [2.75, 3.05) is 26.0 Å². The monoisotopic (exact) mass is 524 g/mol. The fraction of sp³-hybridized carbons (Fsp3) is 0.345. The van der Waals surface area contributed by atoms with E-state index in [4.69, 9.17) is 20.7 Å². The molecule has 2 rings (SSSR count). The van der Waals surface area contributed by atoms with Gasteiger partial charge in [-0.3, -0.25) is 14.4 Å². The van der Waals surface area contributed by atoms with Crippen molar-refractivity contribution in [1.82, 2.24) is 0 Å². The highest BCUT2D eigenvalue weighted by molar-refractivity contribution is 7.96. The molecule has 0 amide bonds. The van der Waals surface area contributed by atoms with Crippen LogP contribution in [0.1, 0.15) is 54.1 Å². The van der Waals surface area contributed by atoms with Crippen LogP contribution in [0.25, 0.3) is 0 Å². The minimum atomic E-state index is -4.43. The molecule has 0 aliphatic carbocycles. The van der Waals surface area contributed by atoms with Crippen LogP contribution in [0.3, 0.4) is 0 Å². The average molecular weight is 525 g/mol. The van der Waals surface area contributed by atoms with Gasteiger partial charge in [-0.1, -0.05) is 41.3 Å². The molecular formula is C29H33O7P. The molecule has 0 heterocycles. The molecular weight excluding hydrogens is 491 g/mol. The summed E-state index contributed by atoms with van der Waals surface area (Å²) in [7, 11) is -4.43. The summed E-state index contributed by atoms with van der Waals surface area (Å²) >= 11 is 0. The SMILES string of the molecule is C#CCOCCOC(=O)CP(=O)(C(=O)c1c(C)cc(C)cc1C)C(=O)c1c(C)cc(C)cc1C.C=C=O. The van der Waals surface area contributed by atoms with E-state index in [1.54, 1.807) is 52.0 Å².